The SMILES string of the molecule is NC1=N[C@@]2(c3cc(-c4cncnc4)c(F)cc3F)CCOC[C@H]2CS1. The summed E-state index contributed by atoms with van der Waals surface area (Å²) < 4.78 is 34.8. The number of rotatable bonds is 2. The molecule has 2 aromatic rings. The molecule has 2 atom stereocenters. The second-order valence-corrected chi connectivity index (χ2v) is 7.19. The van der Waals surface area contributed by atoms with Crippen molar-refractivity contribution < 1.29 is 13.5 Å². The van der Waals surface area contributed by atoms with Crippen LogP contribution in [0.1, 0.15) is 12.0 Å². The number of amidine groups is 1. The highest BCUT2D eigenvalue weighted by atomic mass is 32.2. The summed E-state index contributed by atoms with van der Waals surface area (Å²) in [5.74, 6) is -0.597. The van der Waals surface area contributed by atoms with Gasteiger partial charge in [0.25, 0.3) is 0 Å². The normalized spacial score (nSPS) is 26.0. The van der Waals surface area contributed by atoms with Gasteiger partial charge in [-0.05, 0) is 6.07 Å². The van der Waals surface area contributed by atoms with Crippen molar-refractivity contribution in [3.8, 4) is 11.1 Å². The Morgan fingerprint density at radius 1 is 1.20 bits per heavy atom. The zero-order valence-corrected chi connectivity index (χ0v) is 14.1. The summed E-state index contributed by atoms with van der Waals surface area (Å²) in [5, 5.41) is 0.423. The summed E-state index contributed by atoms with van der Waals surface area (Å²) in [5.41, 5.74) is 6.22. The van der Waals surface area contributed by atoms with E-state index < -0.39 is 17.2 Å². The first-order valence-corrected chi connectivity index (χ1v) is 8.89. The van der Waals surface area contributed by atoms with E-state index in [1.54, 1.807) is 0 Å². The molecular formula is C17H16F2N4OS. The first-order valence-electron chi connectivity index (χ1n) is 7.91. The molecule has 2 aliphatic rings. The molecule has 1 saturated heterocycles. The van der Waals surface area contributed by atoms with Gasteiger partial charge in [0.05, 0.1) is 12.1 Å². The average Bonchev–Trinajstić information content (AvgIpc) is 2.62. The smallest absolute Gasteiger partial charge is 0.154 e. The van der Waals surface area contributed by atoms with Crippen LogP contribution in [0, 0.1) is 17.6 Å². The molecule has 1 aromatic carbocycles. The molecule has 25 heavy (non-hydrogen) atoms. The van der Waals surface area contributed by atoms with E-state index in [1.165, 1.54) is 36.5 Å². The quantitative estimate of drug-likeness (QED) is 0.889. The Kier molecular flexibility index (Phi) is 4.16. The van der Waals surface area contributed by atoms with Gasteiger partial charge in [0.2, 0.25) is 0 Å². The minimum atomic E-state index is -0.824. The second-order valence-electron chi connectivity index (χ2n) is 6.15. The lowest BCUT2D eigenvalue weighted by molar-refractivity contribution is 0.00883. The number of thioether (sulfide) groups is 1. The maximum Gasteiger partial charge on any atom is 0.154 e. The van der Waals surface area contributed by atoms with Crippen LogP contribution in [-0.2, 0) is 10.3 Å². The Morgan fingerprint density at radius 2 is 2.00 bits per heavy atom. The van der Waals surface area contributed by atoms with Crippen LogP contribution in [0.5, 0.6) is 0 Å². The average molecular weight is 362 g/mol. The van der Waals surface area contributed by atoms with Crippen LogP contribution in [-0.4, -0.2) is 34.1 Å². The fourth-order valence-electron chi connectivity index (χ4n) is 3.50. The van der Waals surface area contributed by atoms with Gasteiger partial charge < -0.3 is 10.5 Å². The lowest BCUT2D eigenvalue weighted by atomic mass is 9.75. The van der Waals surface area contributed by atoms with E-state index in [0.717, 1.165) is 6.07 Å². The highest BCUT2D eigenvalue weighted by Gasteiger charge is 2.47. The first kappa shape index (κ1) is 16.4. The number of aliphatic imine (C=N–C) groups is 1. The van der Waals surface area contributed by atoms with Crippen LogP contribution in [0.25, 0.3) is 11.1 Å². The molecule has 0 aliphatic carbocycles. The van der Waals surface area contributed by atoms with Crippen LogP contribution < -0.4 is 5.73 Å². The second kappa shape index (κ2) is 6.34. The third kappa shape index (κ3) is 2.79. The van der Waals surface area contributed by atoms with Crippen LogP contribution >= 0.6 is 11.8 Å². The zero-order valence-electron chi connectivity index (χ0n) is 13.3. The van der Waals surface area contributed by atoms with Gasteiger partial charge in [0, 0.05) is 59.8 Å². The van der Waals surface area contributed by atoms with Crippen molar-refractivity contribution in [3.63, 3.8) is 0 Å². The van der Waals surface area contributed by atoms with E-state index >= 15 is 0 Å². The zero-order chi connectivity index (χ0) is 17.4. The van der Waals surface area contributed by atoms with E-state index in [4.69, 9.17) is 10.5 Å². The van der Waals surface area contributed by atoms with Gasteiger partial charge in [-0.15, -0.1) is 0 Å². The maximum absolute atomic E-state index is 14.8. The lowest BCUT2D eigenvalue weighted by Crippen LogP contribution is -2.47. The number of halogens is 2. The van der Waals surface area contributed by atoms with Crippen molar-refractivity contribution in [3.05, 3.63) is 48.1 Å². The van der Waals surface area contributed by atoms with Gasteiger partial charge in [-0.1, -0.05) is 11.8 Å². The predicted octanol–water partition coefficient (Wildman–Crippen LogP) is 2.72. The fraction of sp³-hybridized carbons (Fsp3) is 0.353. The summed E-state index contributed by atoms with van der Waals surface area (Å²) >= 11 is 1.44. The number of hydrogen-bond donors (Lipinski definition) is 1. The number of fused-ring (bicyclic) bond motifs is 1. The number of ether oxygens (including phenoxy) is 1. The van der Waals surface area contributed by atoms with Crippen molar-refractivity contribution in [2.24, 2.45) is 16.6 Å². The molecule has 4 rings (SSSR count). The Balaban J connectivity index is 1.91. The molecule has 1 fully saturated rings. The Hall–Kier alpha value is -2.06. The lowest BCUT2D eigenvalue weighted by Gasteiger charge is -2.44. The van der Waals surface area contributed by atoms with Crippen molar-refractivity contribution in [2.75, 3.05) is 19.0 Å². The molecule has 2 aliphatic heterocycles. The number of nitrogens with zero attached hydrogens (tertiary/aromatic N) is 3. The molecule has 0 unspecified atom stereocenters. The van der Waals surface area contributed by atoms with E-state index in [0.29, 0.717) is 41.7 Å². The van der Waals surface area contributed by atoms with E-state index in [2.05, 4.69) is 15.0 Å². The number of aromatic nitrogens is 2. The maximum atomic E-state index is 14.8. The van der Waals surface area contributed by atoms with E-state index in [-0.39, 0.29) is 11.5 Å². The molecule has 0 spiro atoms. The van der Waals surface area contributed by atoms with Crippen molar-refractivity contribution in [1.29, 1.82) is 0 Å². The van der Waals surface area contributed by atoms with Crippen LogP contribution in [0.15, 0.2) is 35.8 Å². The van der Waals surface area contributed by atoms with E-state index in [9.17, 15) is 8.78 Å². The standard InChI is InChI=1S/C17H16F2N4OS/c18-14-4-15(19)13(3-12(14)10-5-21-9-22-6-10)17-1-2-24-7-11(17)8-25-16(20)23-17/h3-6,9,11H,1-2,7-8H2,(H2,20,23)/t11-,17-/m0/s1. The Bertz CT molecular complexity index is 833. The minimum Gasteiger partial charge on any atom is -0.381 e. The largest absolute Gasteiger partial charge is 0.381 e. The van der Waals surface area contributed by atoms with Crippen LogP contribution in [0.2, 0.25) is 0 Å². The summed E-state index contributed by atoms with van der Waals surface area (Å²) in [6.07, 6.45) is 4.87. The predicted molar refractivity (Wildman–Crippen MR) is 92.1 cm³/mol. The van der Waals surface area contributed by atoms with Gasteiger partial charge in [-0.3, -0.25) is 4.99 Å². The molecule has 5 nitrogen and oxygen atoms in total. The minimum absolute atomic E-state index is 0.0154. The van der Waals surface area contributed by atoms with Crippen LogP contribution in [0.3, 0.4) is 0 Å². The first-order chi connectivity index (χ1) is 12.1. The number of nitrogens with two attached hydrogens (primary N) is 1. The number of benzene rings is 1. The molecule has 1 aromatic heterocycles. The Labute approximate surface area is 147 Å². The molecule has 0 bridgehead atoms. The van der Waals surface area contributed by atoms with Gasteiger partial charge >= 0.3 is 0 Å². The summed E-state index contributed by atoms with van der Waals surface area (Å²) in [6, 6.07) is 2.43. The van der Waals surface area contributed by atoms with Gasteiger partial charge in [0.15, 0.2) is 5.17 Å². The molecule has 0 amide bonds. The molecule has 0 radical (unpaired) electrons. The fourth-order valence-corrected chi connectivity index (χ4v) is 4.47. The summed E-state index contributed by atoms with van der Waals surface area (Å²) in [4.78, 5) is 12.4. The third-order valence-electron chi connectivity index (χ3n) is 4.76. The molecule has 8 heteroatoms. The molecule has 0 saturated carbocycles. The topological polar surface area (TPSA) is 73.4 Å². The summed E-state index contributed by atoms with van der Waals surface area (Å²) in [7, 11) is 0. The number of hydrogen-bond acceptors (Lipinski definition) is 6. The molecular weight excluding hydrogens is 346 g/mol. The van der Waals surface area contributed by atoms with Crippen molar-refractivity contribution >= 4 is 16.9 Å². The van der Waals surface area contributed by atoms with Crippen molar-refractivity contribution in [2.45, 2.75) is 12.0 Å². The van der Waals surface area contributed by atoms with Crippen molar-refractivity contribution in [1.82, 2.24) is 9.97 Å². The van der Waals surface area contributed by atoms with Gasteiger partial charge in [-0.25, -0.2) is 18.7 Å². The monoisotopic (exact) mass is 362 g/mol. The van der Waals surface area contributed by atoms with E-state index in [1.807, 2.05) is 0 Å². The van der Waals surface area contributed by atoms with Gasteiger partial charge in [0.1, 0.15) is 18.0 Å². The van der Waals surface area contributed by atoms with Crippen LogP contribution in [0.4, 0.5) is 8.78 Å². The highest BCUT2D eigenvalue weighted by molar-refractivity contribution is 8.13. The third-order valence-corrected chi connectivity index (χ3v) is 5.71. The molecule has 2 N–H and O–H groups in total. The molecule has 3 heterocycles. The molecule has 130 valence electrons. The Morgan fingerprint density at radius 3 is 2.80 bits per heavy atom. The van der Waals surface area contributed by atoms with Gasteiger partial charge in [-0.2, -0.15) is 0 Å². The summed E-state index contributed by atoms with van der Waals surface area (Å²) in [6.45, 7) is 0.933. The highest BCUT2D eigenvalue weighted by Crippen LogP contribution is 2.47.